The summed E-state index contributed by atoms with van der Waals surface area (Å²) in [6.45, 7) is 1.86. The minimum Gasteiger partial charge on any atom is -0.473 e. The van der Waals surface area contributed by atoms with Gasteiger partial charge >= 0.3 is 0 Å². The largest absolute Gasteiger partial charge is 0.473 e. The van der Waals surface area contributed by atoms with Gasteiger partial charge in [0.15, 0.2) is 0 Å². The van der Waals surface area contributed by atoms with Crippen molar-refractivity contribution in [2.75, 3.05) is 14.1 Å². The molecule has 0 aliphatic carbocycles. The Hall–Kier alpha value is 0.158. The number of hydrogen-bond acceptors (Lipinski definition) is 1. The smallest absolute Gasteiger partial charge is 0 e. The van der Waals surface area contributed by atoms with E-state index in [1.807, 2.05) is 6.92 Å². The molecule has 0 fully saturated rings. The Bertz CT molecular complexity index is 60.7. The van der Waals surface area contributed by atoms with Crippen LogP contribution in [-0.2, 0) is 21.1 Å². The first-order valence-corrected chi connectivity index (χ1v) is 1.84. The summed E-state index contributed by atoms with van der Waals surface area (Å²) in [6, 6.07) is 0. The number of aliphatic imine (C=N–C) groups is 1. The van der Waals surface area contributed by atoms with Crippen LogP contribution in [0.2, 0.25) is 0 Å². The molecule has 0 spiro atoms. The van der Waals surface area contributed by atoms with Crippen LogP contribution in [0, 0.1) is 0 Å². The number of amidine groups is 1. The molecule has 0 radical (unpaired) electrons. The van der Waals surface area contributed by atoms with E-state index in [4.69, 9.17) is 0 Å². The van der Waals surface area contributed by atoms with Crippen molar-refractivity contribution in [1.82, 2.24) is 0 Å². The molecule has 0 aliphatic heterocycles. The van der Waals surface area contributed by atoms with Crippen LogP contribution in [0.25, 0.3) is 5.32 Å². The summed E-state index contributed by atoms with van der Waals surface area (Å²) in [5.74, 6) is 0.843. The van der Waals surface area contributed by atoms with Crippen molar-refractivity contribution in [3.8, 4) is 0 Å². The van der Waals surface area contributed by atoms with Gasteiger partial charge in [0, 0.05) is 21.1 Å². The average molecular weight is 269 g/mol. The summed E-state index contributed by atoms with van der Waals surface area (Å²) in [4.78, 5) is 3.76. The van der Waals surface area contributed by atoms with Gasteiger partial charge < -0.3 is 10.3 Å². The Balaban J connectivity index is 0. The number of nitrogens with zero attached hydrogens (tertiary/aromatic N) is 2. The fourth-order valence-corrected chi connectivity index (χ4v) is 0.100. The van der Waals surface area contributed by atoms with Gasteiger partial charge in [-0.15, -0.1) is 0 Å². The number of rotatable bonds is 0. The van der Waals surface area contributed by atoms with E-state index in [1.165, 1.54) is 0 Å². The topological polar surface area (TPSA) is 26.5 Å². The predicted molar refractivity (Wildman–Crippen MR) is 28.3 cm³/mol. The van der Waals surface area contributed by atoms with Crippen molar-refractivity contribution >= 4 is 5.84 Å². The molecule has 0 aromatic heterocycles. The predicted octanol–water partition coefficient (Wildman–Crippen LogP) is 1.04. The molecule has 7 heavy (non-hydrogen) atoms. The first-order valence-electron chi connectivity index (χ1n) is 1.84. The molecule has 0 unspecified atom stereocenters. The van der Waals surface area contributed by atoms with Gasteiger partial charge in [0.1, 0.15) is 0 Å². The van der Waals surface area contributed by atoms with E-state index >= 15 is 0 Å². The monoisotopic (exact) mass is 269 g/mol. The van der Waals surface area contributed by atoms with E-state index in [0.717, 1.165) is 5.84 Å². The minimum absolute atomic E-state index is 0. The van der Waals surface area contributed by atoms with Gasteiger partial charge in [-0.25, -0.2) is 0 Å². The second kappa shape index (κ2) is 6.16. The van der Waals surface area contributed by atoms with Crippen molar-refractivity contribution in [2.24, 2.45) is 4.99 Å². The Morgan fingerprint density at radius 1 is 1.57 bits per heavy atom. The van der Waals surface area contributed by atoms with Crippen LogP contribution in [0.4, 0.5) is 0 Å². The molecule has 0 rings (SSSR count). The molecular weight excluding hydrogens is 260 g/mol. The molecular formula is C4H9N2W-. The van der Waals surface area contributed by atoms with Crippen molar-refractivity contribution in [2.45, 2.75) is 6.92 Å². The maximum absolute atomic E-state index is 3.76. The average Bonchev–Trinajstić information content (AvgIpc) is 1.65. The fraction of sp³-hybridized carbons (Fsp3) is 0.750. The van der Waals surface area contributed by atoms with Gasteiger partial charge in [-0.3, -0.25) is 0 Å². The second-order valence-electron chi connectivity index (χ2n) is 0.994. The van der Waals surface area contributed by atoms with Gasteiger partial charge in [0.2, 0.25) is 0 Å². The molecule has 2 nitrogen and oxygen atoms in total. The van der Waals surface area contributed by atoms with Crippen molar-refractivity contribution in [3.63, 3.8) is 0 Å². The molecule has 3 heteroatoms. The molecule has 0 N–H and O–H groups in total. The maximum Gasteiger partial charge on any atom is 0 e. The molecule has 0 heterocycles. The van der Waals surface area contributed by atoms with Gasteiger partial charge in [0.25, 0.3) is 0 Å². The van der Waals surface area contributed by atoms with E-state index < -0.39 is 0 Å². The third-order valence-electron chi connectivity index (χ3n) is 0.647. The van der Waals surface area contributed by atoms with Crippen LogP contribution in [0.3, 0.4) is 0 Å². The van der Waals surface area contributed by atoms with Crippen molar-refractivity contribution in [1.29, 1.82) is 0 Å². The van der Waals surface area contributed by atoms with E-state index in [9.17, 15) is 0 Å². The Morgan fingerprint density at radius 2 is 2.00 bits per heavy atom. The van der Waals surface area contributed by atoms with Crippen LogP contribution >= 0.6 is 0 Å². The quantitative estimate of drug-likeness (QED) is 0.464. The third-order valence-corrected chi connectivity index (χ3v) is 0.647. The van der Waals surface area contributed by atoms with E-state index in [2.05, 4.69) is 10.3 Å². The van der Waals surface area contributed by atoms with E-state index in [0.29, 0.717) is 0 Å². The van der Waals surface area contributed by atoms with Gasteiger partial charge in [-0.05, 0) is 6.92 Å². The zero-order valence-corrected chi connectivity index (χ0v) is 7.74. The summed E-state index contributed by atoms with van der Waals surface area (Å²) in [5.41, 5.74) is 0. The normalized spacial score (nSPS) is 9.86. The Labute approximate surface area is 58.7 Å². The third kappa shape index (κ3) is 6.16. The maximum atomic E-state index is 3.76. The second-order valence-corrected chi connectivity index (χ2v) is 0.994. The first kappa shape index (κ1) is 10.2. The van der Waals surface area contributed by atoms with Gasteiger partial charge in [-0.1, -0.05) is 19.9 Å². The summed E-state index contributed by atoms with van der Waals surface area (Å²) in [5, 5.41) is 3.76. The number of hydrogen-bond donors (Lipinski definition) is 0. The minimum atomic E-state index is 0. The van der Waals surface area contributed by atoms with Gasteiger partial charge in [-0.2, -0.15) is 0 Å². The molecule has 0 amide bonds. The summed E-state index contributed by atoms with van der Waals surface area (Å²) >= 11 is 0. The van der Waals surface area contributed by atoms with Crippen molar-refractivity contribution < 1.29 is 21.1 Å². The SMILES string of the molecule is CN=C(C)[N-]C.[W]. The molecule has 0 saturated heterocycles. The van der Waals surface area contributed by atoms with Crippen LogP contribution < -0.4 is 0 Å². The standard InChI is InChI=1S/C4H9N2.W/c1-4(5-2)6-3;/h1-3H3;/q-1;. The molecule has 0 saturated carbocycles. The first-order chi connectivity index (χ1) is 2.81. The van der Waals surface area contributed by atoms with E-state index in [-0.39, 0.29) is 21.1 Å². The summed E-state index contributed by atoms with van der Waals surface area (Å²) in [6.07, 6.45) is 0. The van der Waals surface area contributed by atoms with Crippen LogP contribution in [0.1, 0.15) is 6.92 Å². The summed E-state index contributed by atoms with van der Waals surface area (Å²) < 4.78 is 0. The van der Waals surface area contributed by atoms with Crippen LogP contribution in [-0.4, -0.2) is 19.9 Å². The Kier molecular flexibility index (Phi) is 8.98. The zero-order chi connectivity index (χ0) is 4.99. The molecule has 0 aliphatic rings. The molecule has 0 bridgehead atoms. The molecule has 0 atom stereocenters. The molecule has 0 aromatic rings. The van der Waals surface area contributed by atoms with Crippen LogP contribution in [0.15, 0.2) is 4.99 Å². The van der Waals surface area contributed by atoms with Crippen molar-refractivity contribution in [3.05, 3.63) is 5.32 Å². The Morgan fingerprint density at radius 3 is 2.00 bits per heavy atom. The molecule has 0 aromatic carbocycles. The molecule has 42 valence electrons. The fourth-order valence-electron chi connectivity index (χ4n) is 0.100. The zero-order valence-electron chi connectivity index (χ0n) is 4.80. The van der Waals surface area contributed by atoms with Crippen LogP contribution in [0.5, 0.6) is 0 Å². The summed E-state index contributed by atoms with van der Waals surface area (Å²) in [7, 11) is 3.45. The van der Waals surface area contributed by atoms with Gasteiger partial charge in [0.05, 0.1) is 0 Å². The van der Waals surface area contributed by atoms with E-state index in [1.54, 1.807) is 14.1 Å².